The zero-order valence-electron chi connectivity index (χ0n) is 11.2. The lowest BCUT2D eigenvalue weighted by Gasteiger charge is -2.51. The molecule has 0 saturated carbocycles. The van der Waals surface area contributed by atoms with Gasteiger partial charge in [-0.2, -0.15) is 0 Å². The molecule has 0 aliphatic carbocycles. The van der Waals surface area contributed by atoms with Gasteiger partial charge in [-0.15, -0.1) is 0 Å². The van der Waals surface area contributed by atoms with Gasteiger partial charge in [-0.25, -0.2) is 0 Å². The average molecular weight is 252 g/mol. The Hall–Kier alpha value is -0.650. The zero-order valence-corrected chi connectivity index (χ0v) is 11.2. The molecular weight excluding hydrogens is 228 g/mol. The summed E-state index contributed by atoms with van der Waals surface area (Å²) in [5, 5.41) is 6.16. The first-order valence-electron chi connectivity index (χ1n) is 7.20. The van der Waals surface area contributed by atoms with E-state index in [0.29, 0.717) is 6.04 Å². The van der Waals surface area contributed by atoms with E-state index in [1.165, 1.54) is 25.9 Å². The van der Waals surface area contributed by atoms with Crippen LogP contribution in [0.2, 0.25) is 0 Å². The number of amides is 1. The SMILES string of the molecule is CNC(=O)C1CNCCN1C1CN2CCC1CC2. The van der Waals surface area contributed by atoms with Crippen molar-refractivity contribution in [1.82, 2.24) is 20.4 Å². The van der Waals surface area contributed by atoms with Crippen LogP contribution in [0.5, 0.6) is 0 Å². The van der Waals surface area contributed by atoms with Crippen LogP contribution >= 0.6 is 0 Å². The van der Waals surface area contributed by atoms with Crippen LogP contribution in [0.4, 0.5) is 0 Å². The molecule has 102 valence electrons. The molecule has 4 fully saturated rings. The topological polar surface area (TPSA) is 47.6 Å². The summed E-state index contributed by atoms with van der Waals surface area (Å²) in [6.45, 7) is 6.50. The van der Waals surface area contributed by atoms with Gasteiger partial charge in [-0.05, 0) is 31.8 Å². The third-order valence-corrected chi connectivity index (χ3v) is 4.88. The van der Waals surface area contributed by atoms with Gasteiger partial charge in [0.15, 0.2) is 0 Å². The van der Waals surface area contributed by atoms with Gasteiger partial charge >= 0.3 is 0 Å². The van der Waals surface area contributed by atoms with Gasteiger partial charge < -0.3 is 15.5 Å². The lowest BCUT2D eigenvalue weighted by atomic mass is 9.82. The number of carbonyl (C=O) groups is 1. The van der Waals surface area contributed by atoms with Crippen molar-refractivity contribution in [1.29, 1.82) is 0 Å². The van der Waals surface area contributed by atoms with Gasteiger partial charge in [0.1, 0.15) is 6.04 Å². The van der Waals surface area contributed by atoms with Crippen LogP contribution in [0.15, 0.2) is 0 Å². The van der Waals surface area contributed by atoms with Crippen LogP contribution in [-0.4, -0.2) is 74.1 Å². The highest BCUT2D eigenvalue weighted by Gasteiger charge is 2.42. The summed E-state index contributed by atoms with van der Waals surface area (Å²) in [5.41, 5.74) is 0. The quantitative estimate of drug-likeness (QED) is 0.669. The van der Waals surface area contributed by atoms with Crippen LogP contribution < -0.4 is 10.6 Å². The fourth-order valence-corrected chi connectivity index (χ4v) is 3.84. The lowest BCUT2D eigenvalue weighted by molar-refractivity contribution is -0.130. The Morgan fingerprint density at radius 2 is 2.06 bits per heavy atom. The van der Waals surface area contributed by atoms with Crippen molar-refractivity contribution in [3.63, 3.8) is 0 Å². The molecular formula is C13H24N4O. The zero-order chi connectivity index (χ0) is 12.5. The molecule has 4 heterocycles. The molecule has 2 N–H and O–H groups in total. The minimum Gasteiger partial charge on any atom is -0.358 e. The van der Waals surface area contributed by atoms with Crippen LogP contribution in [0.3, 0.4) is 0 Å². The molecule has 2 bridgehead atoms. The van der Waals surface area contributed by atoms with Crippen molar-refractivity contribution < 1.29 is 4.79 Å². The second-order valence-corrected chi connectivity index (χ2v) is 5.78. The summed E-state index contributed by atoms with van der Waals surface area (Å²) in [6, 6.07) is 0.617. The molecule has 0 aromatic heterocycles. The molecule has 0 radical (unpaired) electrons. The van der Waals surface area contributed by atoms with Crippen molar-refractivity contribution >= 4 is 5.91 Å². The Morgan fingerprint density at radius 1 is 1.28 bits per heavy atom. The number of rotatable bonds is 2. The second-order valence-electron chi connectivity index (χ2n) is 5.78. The summed E-state index contributed by atoms with van der Waals surface area (Å²) in [6.07, 6.45) is 2.63. The maximum absolute atomic E-state index is 12.0. The number of hydrogen-bond acceptors (Lipinski definition) is 4. The van der Waals surface area contributed by atoms with Gasteiger partial charge in [-0.3, -0.25) is 9.69 Å². The Balaban J connectivity index is 1.74. The van der Waals surface area contributed by atoms with E-state index < -0.39 is 0 Å². The molecule has 0 spiro atoms. The number of likely N-dealkylation sites (N-methyl/N-ethyl adjacent to an activating group) is 1. The van der Waals surface area contributed by atoms with Crippen LogP contribution in [-0.2, 0) is 4.79 Å². The van der Waals surface area contributed by atoms with Gasteiger partial charge in [0.25, 0.3) is 0 Å². The number of piperidine rings is 3. The van der Waals surface area contributed by atoms with E-state index in [9.17, 15) is 4.79 Å². The molecule has 2 unspecified atom stereocenters. The molecule has 0 aromatic carbocycles. The molecule has 5 nitrogen and oxygen atoms in total. The Bertz CT molecular complexity index is 314. The first-order chi connectivity index (χ1) is 8.79. The van der Waals surface area contributed by atoms with Crippen molar-refractivity contribution in [3.8, 4) is 0 Å². The van der Waals surface area contributed by atoms with E-state index in [0.717, 1.165) is 32.1 Å². The largest absolute Gasteiger partial charge is 0.358 e. The maximum atomic E-state index is 12.0. The Labute approximate surface area is 109 Å². The summed E-state index contributed by atoms with van der Waals surface area (Å²) in [4.78, 5) is 17.0. The minimum atomic E-state index is 0.0225. The summed E-state index contributed by atoms with van der Waals surface area (Å²) in [5.74, 6) is 0.971. The predicted molar refractivity (Wildman–Crippen MR) is 70.4 cm³/mol. The smallest absolute Gasteiger partial charge is 0.238 e. The van der Waals surface area contributed by atoms with Gasteiger partial charge in [-0.1, -0.05) is 0 Å². The highest BCUT2D eigenvalue weighted by molar-refractivity contribution is 5.81. The molecule has 4 aliphatic heterocycles. The molecule has 18 heavy (non-hydrogen) atoms. The minimum absolute atomic E-state index is 0.0225. The third-order valence-electron chi connectivity index (χ3n) is 4.88. The summed E-state index contributed by atoms with van der Waals surface area (Å²) in [7, 11) is 1.74. The van der Waals surface area contributed by atoms with E-state index in [1.807, 2.05) is 0 Å². The lowest BCUT2D eigenvalue weighted by Crippen LogP contribution is -2.66. The van der Waals surface area contributed by atoms with Crippen molar-refractivity contribution in [2.24, 2.45) is 5.92 Å². The van der Waals surface area contributed by atoms with E-state index in [-0.39, 0.29) is 11.9 Å². The predicted octanol–water partition coefficient (Wildman–Crippen LogP) is -0.900. The van der Waals surface area contributed by atoms with Crippen molar-refractivity contribution in [2.75, 3.05) is 46.3 Å². The molecule has 5 heteroatoms. The van der Waals surface area contributed by atoms with Crippen LogP contribution in [0, 0.1) is 5.92 Å². The van der Waals surface area contributed by atoms with Gasteiger partial charge in [0, 0.05) is 39.3 Å². The molecule has 4 saturated heterocycles. The molecule has 1 amide bonds. The van der Waals surface area contributed by atoms with Crippen LogP contribution in [0.1, 0.15) is 12.8 Å². The number of hydrogen-bond donors (Lipinski definition) is 2. The van der Waals surface area contributed by atoms with Gasteiger partial charge in [0.2, 0.25) is 5.91 Å². The monoisotopic (exact) mass is 252 g/mol. The first kappa shape index (κ1) is 12.4. The number of nitrogens with one attached hydrogen (secondary N) is 2. The third kappa shape index (κ3) is 2.15. The summed E-state index contributed by atoms with van der Waals surface area (Å²) >= 11 is 0. The average Bonchev–Trinajstić information content (AvgIpc) is 2.47. The number of fused-ring (bicyclic) bond motifs is 3. The van der Waals surface area contributed by atoms with Crippen molar-refractivity contribution in [3.05, 3.63) is 0 Å². The highest BCUT2D eigenvalue weighted by Crippen LogP contribution is 2.32. The first-order valence-corrected chi connectivity index (χ1v) is 7.20. The number of carbonyl (C=O) groups excluding carboxylic acids is 1. The molecule has 4 rings (SSSR count). The second kappa shape index (κ2) is 5.15. The summed E-state index contributed by atoms with van der Waals surface area (Å²) < 4.78 is 0. The Kier molecular flexibility index (Phi) is 3.54. The molecule has 4 aliphatic rings. The van der Waals surface area contributed by atoms with E-state index in [1.54, 1.807) is 7.05 Å². The van der Waals surface area contributed by atoms with E-state index in [4.69, 9.17) is 0 Å². The van der Waals surface area contributed by atoms with Crippen LogP contribution in [0.25, 0.3) is 0 Å². The molecule has 0 aromatic rings. The standard InChI is InChI=1S/C13H24N4O/c1-14-13(18)11-8-15-4-7-17(11)12-9-16-5-2-10(12)3-6-16/h10-12,15H,2-9H2,1H3,(H,14,18). The normalized spacial score (nSPS) is 40.7. The fourth-order valence-electron chi connectivity index (χ4n) is 3.84. The maximum Gasteiger partial charge on any atom is 0.238 e. The fraction of sp³-hybridized carbons (Fsp3) is 0.923. The highest BCUT2D eigenvalue weighted by atomic mass is 16.2. The van der Waals surface area contributed by atoms with Crippen molar-refractivity contribution in [2.45, 2.75) is 24.9 Å². The van der Waals surface area contributed by atoms with E-state index >= 15 is 0 Å². The number of piperazine rings is 1. The molecule has 2 atom stereocenters. The van der Waals surface area contributed by atoms with Gasteiger partial charge in [0.05, 0.1) is 0 Å². The van der Waals surface area contributed by atoms with E-state index in [2.05, 4.69) is 20.4 Å². The Morgan fingerprint density at radius 3 is 2.67 bits per heavy atom. The number of nitrogens with zero attached hydrogens (tertiary/aromatic N) is 2.